The molecule has 4 nitrogen and oxygen atoms in total. The van der Waals surface area contributed by atoms with Crippen LogP contribution in [-0.4, -0.2) is 36.6 Å². The Labute approximate surface area is 139 Å². The fraction of sp³-hybridized carbons (Fsp3) is 0.333. The van der Waals surface area contributed by atoms with Gasteiger partial charge in [-0.2, -0.15) is 0 Å². The molecule has 0 aromatic heterocycles. The predicted octanol–water partition coefficient (Wildman–Crippen LogP) is 2.93. The third-order valence-electron chi connectivity index (χ3n) is 3.68. The van der Waals surface area contributed by atoms with E-state index in [0.717, 1.165) is 22.5 Å². The Morgan fingerprint density at radius 2 is 0.957 bits per heavy atom. The maximum atomic E-state index is 12.4. The molecular weight excluding hydrogens is 308 g/mol. The normalized spacial score (nSPS) is 11.3. The molecule has 2 rings (SSSR count). The number of hydrogen-bond acceptors (Lipinski definition) is 4. The molecule has 2 aromatic rings. The molecule has 0 unspecified atom stereocenters. The number of sulfone groups is 1. The van der Waals surface area contributed by atoms with Crippen LogP contribution in [0.2, 0.25) is 0 Å². The van der Waals surface area contributed by atoms with E-state index in [1.807, 2.05) is 86.5 Å². The first kappa shape index (κ1) is 17.3. The van der Waals surface area contributed by atoms with Crippen LogP contribution in [0, 0.1) is 0 Å². The number of rotatable bonds is 6. The van der Waals surface area contributed by atoms with E-state index in [1.54, 1.807) is 0 Å². The van der Waals surface area contributed by atoms with Crippen molar-refractivity contribution in [2.75, 3.05) is 38.0 Å². The molecule has 124 valence electrons. The van der Waals surface area contributed by atoms with Crippen LogP contribution in [0.5, 0.6) is 0 Å². The molecule has 23 heavy (non-hydrogen) atoms. The summed E-state index contributed by atoms with van der Waals surface area (Å²) in [5.74, 6) is 0.131. The molecule has 0 atom stereocenters. The van der Waals surface area contributed by atoms with E-state index in [-0.39, 0.29) is 11.5 Å². The van der Waals surface area contributed by atoms with E-state index >= 15 is 0 Å². The van der Waals surface area contributed by atoms with Gasteiger partial charge in [0.25, 0.3) is 0 Å². The molecule has 0 spiro atoms. The third-order valence-corrected chi connectivity index (χ3v) is 5.22. The van der Waals surface area contributed by atoms with E-state index in [1.165, 1.54) is 0 Å². The molecule has 0 saturated heterocycles. The van der Waals surface area contributed by atoms with Crippen molar-refractivity contribution in [3.05, 3.63) is 59.7 Å². The fourth-order valence-electron chi connectivity index (χ4n) is 2.34. The highest BCUT2D eigenvalue weighted by atomic mass is 32.2. The van der Waals surface area contributed by atoms with Crippen LogP contribution in [-0.2, 0) is 21.3 Å². The second-order valence-electron chi connectivity index (χ2n) is 6.15. The molecule has 0 fully saturated rings. The smallest absolute Gasteiger partial charge is 0.158 e. The van der Waals surface area contributed by atoms with Crippen LogP contribution in [0.25, 0.3) is 0 Å². The van der Waals surface area contributed by atoms with E-state index in [4.69, 9.17) is 0 Å². The lowest BCUT2D eigenvalue weighted by atomic mass is 10.2. The van der Waals surface area contributed by atoms with Gasteiger partial charge in [0, 0.05) is 39.6 Å². The maximum Gasteiger partial charge on any atom is 0.158 e. The Kier molecular flexibility index (Phi) is 5.31. The molecule has 0 aliphatic carbocycles. The van der Waals surface area contributed by atoms with Gasteiger partial charge in [-0.25, -0.2) is 8.42 Å². The van der Waals surface area contributed by atoms with Crippen molar-refractivity contribution >= 4 is 21.2 Å². The second-order valence-corrected chi connectivity index (χ2v) is 8.22. The summed E-state index contributed by atoms with van der Waals surface area (Å²) < 4.78 is 24.8. The largest absolute Gasteiger partial charge is 0.378 e. The summed E-state index contributed by atoms with van der Waals surface area (Å²) in [5.41, 5.74) is 3.76. The first-order chi connectivity index (χ1) is 10.8. The molecule has 2 aromatic carbocycles. The zero-order valence-electron chi connectivity index (χ0n) is 14.2. The van der Waals surface area contributed by atoms with Crippen LogP contribution in [0.3, 0.4) is 0 Å². The van der Waals surface area contributed by atoms with Crippen molar-refractivity contribution in [2.45, 2.75) is 11.5 Å². The lowest BCUT2D eigenvalue weighted by Gasteiger charge is -2.13. The predicted molar refractivity (Wildman–Crippen MR) is 97.9 cm³/mol. The van der Waals surface area contributed by atoms with Gasteiger partial charge in [0.15, 0.2) is 9.84 Å². The van der Waals surface area contributed by atoms with Crippen LogP contribution < -0.4 is 9.80 Å². The standard InChI is InChI=1S/C18H24N2O2S/c1-19(2)17-9-5-15(6-10-17)13-23(21,22)14-16-7-11-18(12-8-16)20(3)4/h5-12H,13-14H2,1-4H3. The van der Waals surface area contributed by atoms with Gasteiger partial charge in [-0.05, 0) is 35.4 Å². The molecule has 0 aliphatic rings. The molecule has 0 saturated carbocycles. The van der Waals surface area contributed by atoms with Crippen LogP contribution in [0.1, 0.15) is 11.1 Å². The molecule has 5 heteroatoms. The monoisotopic (exact) mass is 332 g/mol. The van der Waals surface area contributed by atoms with Gasteiger partial charge in [-0.1, -0.05) is 24.3 Å². The van der Waals surface area contributed by atoms with Gasteiger partial charge in [0.1, 0.15) is 0 Å². The topological polar surface area (TPSA) is 40.6 Å². The summed E-state index contributed by atoms with van der Waals surface area (Å²) in [6, 6.07) is 15.3. The Balaban J connectivity index is 2.06. The number of nitrogens with zero attached hydrogens (tertiary/aromatic N) is 2. The number of anilines is 2. The quantitative estimate of drug-likeness (QED) is 0.815. The molecule has 0 bridgehead atoms. The van der Waals surface area contributed by atoms with Crippen LogP contribution >= 0.6 is 0 Å². The lowest BCUT2D eigenvalue weighted by Crippen LogP contribution is -2.10. The van der Waals surface area contributed by atoms with Gasteiger partial charge in [0.2, 0.25) is 0 Å². The summed E-state index contributed by atoms with van der Waals surface area (Å²) >= 11 is 0. The summed E-state index contributed by atoms with van der Waals surface area (Å²) in [5, 5.41) is 0. The Hall–Kier alpha value is -2.01. The average Bonchev–Trinajstić information content (AvgIpc) is 2.47. The number of benzene rings is 2. The molecule has 0 aliphatic heterocycles. The summed E-state index contributed by atoms with van der Waals surface area (Å²) in [7, 11) is 4.66. The molecule has 0 heterocycles. The minimum Gasteiger partial charge on any atom is -0.378 e. The summed E-state index contributed by atoms with van der Waals surface area (Å²) in [4.78, 5) is 3.98. The first-order valence-corrected chi connectivity index (χ1v) is 9.32. The summed E-state index contributed by atoms with van der Waals surface area (Å²) in [6.07, 6.45) is 0. The minimum atomic E-state index is -3.18. The fourth-order valence-corrected chi connectivity index (χ4v) is 3.84. The molecule has 0 N–H and O–H groups in total. The van der Waals surface area contributed by atoms with Gasteiger partial charge in [-0.15, -0.1) is 0 Å². The highest BCUT2D eigenvalue weighted by molar-refractivity contribution is 7.89. The van der Waals surface area contributed by atoms with Crippen molar-refractivity contribution in [1.29, 1.82) is 0 Å². The Morgan fingerprint density at radius 1 is 0.652 bits per heavy atom. The van der Waals surface area contributed by atoms with Gasteiger partial charge >= 0.3 is 0 Å². The van der Waals surface area contributed by atoms with Crippen molar-refractivity contribution in [3.8, 4) is 0 Å². The summed E-state index contributed by atoms with van der Waals surface area (Å²) in [6.45, 7) is 0. The van der Waals surface area contributed by atoms with Crippen molar-refractivity contribution in [2.24, 2.45) is 0 Å². The van der Waals surface area contributed by atoms with E-state index in [0.29, 0.717) is 0 Å². The van der Waals surface area contributed by atoms with Crippen molar-refractivity contribution in [3.63, 3.8) is 0 Å². The van der Waals surface area contributed by atoms with E-state index in [2.05, 4.69) is 0 Å². The average molecular weight is 332 g/mol. The molecular formula is C18H24N2O2S. The first-order valence-electron chi connectivity index (χ1n) is 7.50. The zero-order valence-corrected chi connectivity index (χ0v) is 15.0. The molecule has 0 amide bonds. The van der Waals surface area contributed by atoms with Gasteiger partial charge < -0.3 is 9.80 Å². The zero-order chi connectivity index (χ0) is 17.0. The maximum absolute atomic E-state index is 12.4. The highest BCUT2D eigenvalue weighted by Crippen LogP contribution is 2.18. The highest BCUT2D eigenvalue weighted by Gasteiger charge is 2.13. The number of hydrogen-bond donors (Lipinski definition) is 0. The van der Waals surface area contributed by atoms with Crippen LogP contribution in [0.15, 0.2) is 48.5 Å². The van der Waals surface area contributed by atoms with E-state index < -0.39 is 9.84 Å². The van der Waals surface area contributed by atoms with E-state index in [9.17, 15) is 8.42 Å². The lowest BCUT2D eigenvalue weighted by molar-refractivity contribution is 0.594. The van der Waals surface area contributed by atoms with Gasteiger partial charge in [0.05, 0.1) is 11.5 Å². The second kappa shape index (κ2) is 7.04. The molecule has 0 radical (unpaired) electrons. The minimum absolute atomic E-state index is 0.0656. The Bertz CT molecular complexity index is 674. The van der Waals surface area contributed by atoms with Gasteiger partial charge in [-0.3, -0.25) is 0 Å². The third kappa shape index (κ3) is 4.99. The Morgan fingerprint density at radius 3 is 1.22 bits per heavy atom. The van der Waals surface area contributed by atoms with Crippen molar-refractivity contribution in [1.82, 2.24) is 0 Å². The SMILES string of the molecule is CN(C)c1ccc(CS(=O)(=O)Cc2ccc(N(C)C)cc2)cc1. The van der Waals surface area contributed by atoms with Crippen LogP contribution in [0.4, 0.5) is 11.4 Å². The van der Waals surface area contributed by atoms with Crippen molar-refractivity contribution < 1.29 is 8.42 Å².